The molecule has 0 spiro atoms. The summed E-state index contributed by atoms with van der Waals surface area (Å²) in [6, 6.07) is 6.45. The quantitative estimate of drug-likeness (QED) is 0.0818. The number of alkyl halides is 2. The second-order valence-electron chi connectivity index (χ2n) is 12.7. The number of nitrogen functional groups attached to an aromatic ring is 1. The van der Waals surface area contributed by atoms with Gasteiger partial charge in [-0.1, -0.05) is 109 Å². The molecule has 0 radical (unpaired) electrons. The number of halogens is 2. The zero-order valence-corrected chi connectivity index (χ0v) is 29.0. The summed E-state index contributed by atoms with van der Waals surface area (Å²) >= 11 is 0. The smallest absolute Gasteiger partial charge is 0.453 e. The maximum Gasteiger partial charge on any atom is 0.530 e. The summed E-state index contributed by atoms with van der Waals surface area (Å²) < 4.78 is 72.7. The SMILES string of the molecule is CCCCCCCCCCCCCCCCC(=O)O[C@@H]1C(COP2(=O)OCc3cccc(C)c3O2)OC(n2ccc(N)nc2=O)C1(F)F. The summed E-state index contributed by atoms with van der Waals surface area (Å²) in [7, 11) is -4.24. The number of nitrogens with zero attached hydrogens (tertiary/aromatic N) is 2. The Morgan fingerprint density at radius 1 is 1.02 bits per heavy atom. The Morgan fingerprint density at radius 3 is 2.27 bits per heavy atom. The molecule has 3 unspecified atom stereocenters. The molecule has 2 aliphatic heterocycles. The first-order valence-corrected chi connectivity index (χ1v) is 18.7. The van der Waals surface area contributed by atoms with Crippen molar-refractivity contribution < 1.29 is 41.2 Å². The topological polar surface area (TPSA) is 141 Å². The number of hydrogen-bond acceptors (Lipinski definition) is 10. The maximum absolute atomic E-state index is 15.9. The number of fused-ring (bicyclic) bond motifs is 1. The van der Waals surface area contributed by atoms with Crippen LogP contribution >= 0.6 is 7.82 Å². The number of unbranched alkanes of at least 4 members (excludes halogenated alkanes) is 13. The van der Waals surface area contributed by atoms with Crippen molar-refractivity contribution in [3.8, 4) is 5.75 Å². The number of nitrogens with two attached hydrogens (primary N) is 1. The van der Waals surface area contributed by atoms with E-state index in [4.69, 9.17) is 28.8 Å². The van der Waals surface area contributed by atoms with Crippen LogP contribution in [0.4, 0.5) is 14.6 Å². The number of ether oxygens (including phenoxy) is 2. The van der Waals surface area contributed by atoms with Crippen LogP contribution in [-0.2, 0) is 34.5 Å². The average Bonchev–Trinajstić information content (AvgIpc) is 3.29. The Labute approximate surface area is 281 Å². The molecule has 14 heteroatoms. The molecule has 2 N–H and O–H groups in total. The minimum atomic E-state index is -4.24. The van der Waals surface area contributed by atoms with Crippen molar-refractivity contribution in [2.45, 2.75) is 141 Å². The number of phosphoric acid groups is 1. The van der Waals surface area contributed by atoms with Gasteiger partial charge in [-0.05, 0) is 25.0 Å². The number of phosphoric ester groups is 1. The van der Waals surface area contributed by atoms with Gasteiger partial charge in [0.15, 0.2) is 6.10 Å². The van der Waals surface area contributed by atoms with Crippen molar-refractivity contribution in [3.05, 3.63) is 52.1 Å². The molecule has 268 valence electrons. The van der Waals surface area contributed by atoms with E-state index in [-0.39, 0.29) is 18.8 Å². The molecule has 4 atom stereocenters. The van der Waals surface area contributed by atoms with Crippen LogP contribution in [0.2, 0.25) is 0 Å². The highest BCUT2D eigenvalue weighted by Gasteiger charge is 2.63. The van der Waals surface area contributed by atoms with Gasteiger partial charge >= 0.3 is 25.4 Å². The normalized spacial score (nSPS) is 23.0. The van der Waals surface area contributed by atoms with Gasteiger partial charge in [0.25, 0.3) is 0 Å². The van der Waals surface area contributed by atoms with Crippen LogP contribution < -0.4 is 15.9 Å². The van der Waals surface area contributed by atoms with E-state index in [0.717, 1.165) is 31.9 Å². The lowest BCUT2D eigenvalue weighted by Gasteiger charge is -2.27. The first-order valence-electron chi connectivity index (χ1n) is 17.3. The molecule has 2 aromatic rings. The van der Waals surface area contributed by atoms with Gasteiger partial charge < -0.3 is 19.7 Å². The molecule has 3 heterocycles. The number of carbonyl (C=O) groups excluding carboxylic acids is 1. The van der Waals surface area contributed by atoms with Crippen molar-refractivity contribution >= 4 is 19.6 Å². The third kappa shape index (κ3) is 10.6. The Bertz CT molecular complexity index is 1440. The molecule has 1 aromatic heterocycles. The first-order chi connectivity index (χ1) is 23.0. The van der Waals surface area contributed by atoms with Gasteiger partial charge in [-0.3, -0.25) is 18.4 Å². The van der Waals surface area contributed by atoms with Crippen LogP contribution in [0.3, 0.4) is 0 Å². The molecule has 0 amide bonds. The molecule has 1 fully saturated rings. The molecule has 48 heavy (non-hydrogen) atoms. The van der Waals surface area contributed by atoms with Crippen molar-refractivity contribution in [3.63, 3.8) is 0 Å². The predicted octanol–water partition coefficient (Wildman–Crippen LogP) is 8.18. The first kappa shape index (κ1) is 38.0. The number of rotatable bonds is 20. The van der Waals surface area contributed by atoms with Crippen LogP contribution in [0.25, 0.3) is 0 Å². The molecule has 11 nitrogen and oxygen atoms in total. The number of benzene rings is 1. The molecule has 0 aliphatic carbocycles. The van der Waals surface area contributed by atoms with E-state index < -0.39 is 50.4 Å². The largest absolute Gasteiger partial charge is 0.530 e. The van der Waals surface area contributed by atoms with Crippen LogP contribution in [0.5, 0.6) is 5.75 Å². The Balaban J connectivity index is 1.28. The standard InChI is InChI=1S/C34H50F2N3O8P/c1-3-4-5-6-7-8-9-10-11-12-13-14-15-16-20-29(40)46-31-27(45-32(34(31,35)36)39-22-21-28(37)38-33(39)41)24-44-48(42)43-23-26-19-17-18-25(2)30(26)47-48/h17-19,21-22,27,31-32H,3-16,20,23-24H2,1-2H3,(H2,37,38,41)/t27?,31-,32?,48?/m1/s1. The van der Waals surface area contributed by atoms with Crippen LogP contribution in [0.1, 0.15) is 121 Å². The number of hydrogen-bond donors (Lipinski definition) is 1. The number of anilines is 1. The number of para-hydroxylation sites is 1. The van der Waals surface area contributed by atoms with Gasteiger partial charge in [-0.2, -0.15) is 13.8 Å². The lowest BCUT2D eigenvalue weighted by Crippen LogP contribution is -2.44. The molecule has 0 saturated carbocycles. The summed E-state index contributed by atoms with van der Waals surface area (Å²) in [5, 5.41) is 0. The predicted molar refractivity (Wildman–Crippen MR) is 177 cm³/mol. The number of esters is 1. The molecule has 1 saturated heterocycles. The van der Waals surface area contributed by atoms with Crippen molar-refractivity contribution in [2.24, 2.45) is 0 Å². The van der Waals surface area contributed by atoms with E-state index in [1.807, 2.05) is 0 Å². The molecule has 1 aromatic carbocycles. The second-order valence-corrected chi connectivity index (χ2v) is 14.3. The molecular weight excluding hydrogens is 647 g/mol. The monoisotopic (exact) mass is 697 g/mol. The van der Waals surface area contributed by atoms with E-state index in [9.17, 15) is 14.2 Å². The number of aromatic nitrogens is 2. The van der Waals surface area contributed by atoms with E-state index in [2.05, 4.69) is 11.9 Å². The summed E-state index contributed by atoms with van der Waals surface area (Å²) in [6.45, 7) is 3.16. The van der Waals surface area contributed by atoms with Crippen molar-refractivity contribution in [1.29, 1.82) is 0 Å². The second kappa shape index (κ2) is 18.2. The Kier molecular flexibility index (Phi) is 14.4. The van der Waals surface area contributed by atoms with E-state index in [1.54, 1.807) is 25.1 Å². The van der Waals surface area contributed by atoms with Crippen molar-refractivity contribution in [1.82, 2.24) is 9.55 Å². The van der Waals surface area contributed by atoms with Crippen LogP contribution in [0, 0.1) is 6.92 Å². The lowest BCUT2D eigenvalue weighted by molar-refractivity contribution is -0.176. The highest BCUT2D eigenvalue weighted by atomic mass is 31.2. The third-order valence-electron chi connectivity index (χ3n) is 8.72. The zero-order valence-electron chi connectivity index (χ0n) is 28.1. The average molecular weight is 698 g/mol. The van der Waals surface area contributed by atoms with Gasteiger partial charge in [0.1, 0.15) is 17.7 Å². The molecular formula is C34H50F2N3O8P. The van der Waals surface area contributed by atoms with Gasteiger partial charge in [-0.25, -0.2) is 9.36 Å². The van der Waals surface area contributed by atoms with Gasteiger partial charge in [0, 0.05) is 18.2 Å². The fraction of sp³-hybridized carbons (Fsp3) is 0.676. The van der Waals surface area contributed by atoms with Gasteiger partial charge in [0.2, 0.25) is 6.23 Å². The minimum Gasteiger partial charge on any atom is -0.453 e. The fourth-order valence-corrected chi connectivity index (χ4v) is 7.28. The maximum atomic E-state index is 15.9. The molecule has 4 rings (SSSR count). The van der Waals surface area contributed by atoms with Crippen LogP contribution in [0.15, 0.2) is 35.3 Å². The number of carbonyl (C=O) groups is 1. The lowest BCUT2D eigenvalue weighted by atomic mass is 10.0. The minimum absolute atomic E-state index is 0.0625. The van der Waals surface area contributed by atoms with E-state index >= 15 is 8.78 Å². The summed E-state index contributed by atoms with van der Waals surface area (Å²) in [6.07, 6.45) is 11.0. The van der Waals surface area contributed by atoms with E-state index in [0.29, 0.717) is 27.9 Å². The molecule has 2 aliphatic rings. The third-order valence-corrected chi connectivity index (χ3v) is 10.0. The van der Waals surface area contributed by atoms with Crippen molar-refractivity contribution in [2.75, 3.05) is 12.3 Å². The molecule has 0 bridgehead atoms. The summed E-state index contributed by atoms with van der Waals surface area (Å²) in [5.74, 6) is -4.56. The highest BCUT2D eigenvalue weighted by Crippen LogP contribution is 2.56. The Hall–Kier alpha value is -2.86. The summed E-state index contributed by atoms with van der Waals surface area (Å²) in [4.78, 5) is 28.8. The summed E-state index contributed by atoms with van der Waals surface area (Å²) in [5.41, 5.74) is 5.79. The van der Waals surface area contributed by atoms with Crippen LogP contribution in [-0.4, -0.2) is 40.3 Å². The van der Waals surface area contributed by atoms with Gasteiger partial charge in [0.05, 0.1) is 13.2 Å². The zero-order chi connectivity index (χ0) is 34.6. The highest BCUT2D eigenvalue weighted by molar-refractivity contribution is 7.49. The van der Waals surface area contributed by atoms with Gasteiger partial charge in [-0.15, -0.1) is 0 Å². The number of aryl methyl sites for hydroxylation is 1. The Morgan fingerprint density at radius 2 is 1.65 bits per heavy atom. The van der Waals surface area contributed by atoms with E-state index in [1.165, 1.54) is 63.9 Å². The fourth-order valence-electron chi connectivity index (χ4n) is 5.99.